The Morgan fingerprint density at radius 3 is 2.56 bits per heavy atom. The number of halogens is 1. The zero-order valence-electron chi connectivity index (χ0n) is 5.26. The molecule has 0 fully saturated rings. The van der Waals surface area contributed by atoms with Crippen molar-refractivity contribution >= 4 is 12.4 Å². The van der Waals surface area contributed by atoms with Gasteiger partial charge in [0, 0.05) is 6.54 Å². The Labute approximate surface area is 61.7 Å². The summed E-state index contributed by atoms with van der Waals surface area (Å²) < 4.78 is 0. The summed E-state index contributed by atoms with van der Waals surface area (Å²) in [5, 5.41) is 11.4. The summed E-state index contributed by atoms with van der Waals surface area (Å²) in [6.07, 6.45) is 1.73. The van der Waals surface area contributed by atoms with Gasteiger partial charge in [0.2, 0.25) is 0 Å². The number of rotatable bonds is 4. The van der Waals surface area contributed by atoms with Crippen LogP contribution in [-0.4, -0.2) is 18.2 Å². The Kier molecular flexibility index (Phi) is 9.49. The summed E-state index contributed by atoms with van der Waals surface area (Å²) in [6, 6.07) is 0. The van der Waals surface area contributed by atoms with E-state index in [0.717, 1.165) is 0 Å². The Bertz CT molecular complexity index is 93.1. The zero-order chi connectivity index (χ0) is 6.41. The van der Waals surface area contributed by atoms with E-state index in [0.29, 0.717) is 13.1 Å². The average Bonchev–Trinajstić information content (AvgIpc) is 1.66. The molecule has 0 unspecified atom stereocenters. The highest BCUT2D eigenvalue weighted by atomic mass is 35.5. The minimum absolute atomic E-state index is 0. The fourth-order valence-electron chi connectivity index (χ4n) is 0.319. The van der Waals surface area contributed by atoms with Crippen molar-refractivity contribution in [2.24, 2.45) is 0 Å². The van der Waals surface area contributed by atoms with E-state index in [4.69, 9.17) is 5.11 Å². The molecule has 0 saturated heterocycles. The molecule has 0 aromatic carbocycles. The van der Waals surface area contributed by atoms with Gasteiger partial charge in [-0.05, 0) is 0 Å². The van der Waals surface area contributed by atoms with E-state index in [1.54, 1.807) is 6.08 Å². The van der Waals surface area contributed by atoms with Crippen LogP contribution in [0.5, 0.6) is 0 Å². The van der Waals surface area contributed by atoms with E-state index in [1.807, 2.05) is 0 Å². The van der Waals surface area contributed by atoms with E-state index < -0.39 is 0 Å². The molecule has 0 radical (unpaired) electrons. The first-order chi connectivity index (χ1) is 3.77. The van der Waals surface area contributed by atoms with E-state index in [9.17, 15) is 0 Å². The lowest BCUT2D eigenvalue weighted by Gasteiger charge is -1.96. The van der Waals surface area contributed by atoms with Crippen molar-refractivity contribution in [3.05, 3.63) is 25.0 Å². The third-order valence-electron chi connectivity index (χ3n) is 0.618. The van der Waals surface area contributed by atoms with Crippen molar-refractivity contribution in [1.29, 1.82) is 0 Å². The highest BCUT2D eigenvalue weighted by Crippen LogP contribution is 1.74. The van der Waals surface area contributed by atoms with Crippen LogP contribution in [0, 0.1) is 0 Å². The molecule has 0 spiro atoms. The summed E-state index contributed by atoms with van der Waals surface area (Å²) in [5.74, 6) is 0.159. The van der Waals surface area contributed by atoms with E-state index >= 15 is 0 Å². The van der Waals surface area contributed by atoms with Crippen LogP contribution in [0.4, 0.5) is 0 Å². The maximum Gasteiger partial charge on any atom is 0.0989 e. The minimum atomic E-state index is 0. The standard InChI is InChI=1S/C6H11NO.ClH/c1-3-4-7-5-6(2)8;/h3,7-8H,1-2,4-5H2;1H. The highest BCUT2D eigenvalue weighted by Gasteiger charge is 1.82. The Morgan fingerprint density at radius 1 is 1.67 bits per heavy atom. The van der Waals surface area contributed by atoms with Crippen molar-refractivity contribution in [2.75, 3.05) is 13.1 Å². The van der Waals surface area contributed by atoms with Gasteiger partial charge >= 0.3 is 0 Å². The van der Waals surface area contributed by atoms with Crippen LogP contribution in [0.15, 0.2) is 25.0 Å². The highest BCUT2D eigenvalue weighted by molar-refractivity contribution is 5.85. The summed E-state index contributed by atoms with van der Waals surface area (Å²) >= 11 is 0. The van der Waals surface area contributed by atoms with Crippen LogP contribution >= 0.6 is 12.4 Å². The summed E-state index contributed by atoms with van der Waals surface area (Å²) in [5.41, 5.74) is 0. The normalized spacial score (nSPS) is 7.56. The Balaban J connectivity index is 0. The van der Waals surface area contributed by atoms with Crippen LogP contribution in [-0.2, 0) is 0 Å². The van der Waals surface area contributed by atoms with Crippen molar-refractivity contribution < 1.29 is 5.11 Å². The second kappa shape index (κ2) is 7.53. The second-order valence-electron chi connectivity index (χ2n) is 1.49. The number of aliphatic hydroxyl groups is 1. The molecule has 0 saturated carbocycles. The molecule has 0 rings (SSSR count). The SMILES string of the molecule is C=CCNCC(=C)O.Cl. The molecule has 0 aliphatic rings. The molecule has 0 heterocycles. The topological polar surface area (TPSA) is 32.3 Å². The molecule has 2 nitrogen and oxygen atoms in total. The predicted octanol–water partition coefficient (Wildman–Crippen LogP) is 1.26. The van der Waals surface area contributed by atoms with E-state index in [-0.39, 0.29) is 18.2 Å². The minimum Gasteiger partial charge on any atom is -0.512 e. The van der Waals surface area contributed by atoms with Gasteiger partial charge in [-0.2, -0.15) is 0 Å². The van der Waals surface area contributed by atoms with Gasteiger partial charge in [0.1, 0.15) is 0 Å². The Morgan fingerprint density at radius 2 is 2.22 bits per heavy atom. The summed E-state index contributed by atoms with van der Waals surface area (Å²) in [7, 11) is 0. The number of hydrogen-bond acceptors (Lipinski definition) is 2. The van der Waals surface area contributed by atoms with E-state index in [1.165, 1.54) is 0 Å². The molecule has 54 valence electrons. The third-order valence-corrected chi connectivity index (χ3v) is 0.618. The van der Waals surface area contributed by atoms with Crippen LogP contribution < -0.4 is 5.32 Å². The molecule has 0 amide bonds. The predicted molar refractivity (Wildman–Crippen MR) is 42.1 cm³/mol. The molecule has 9 heavy (non-hydrogen) atoms. The average molecular weight is 150 g/mol. The lowest BCUT2D eigenvalue weighted by atomic mass is 10.5. The number of hydrogen-bond donors (Lipinski definition) is 2. The molecule has 3 heteroatoms. The first kappa shape index (κ1) is 11.3. The van der Waals surface area contributed by atoms with Gasteiger partial charge in [0.15, 0.2) is 0 Å². The van der Waals surface area contributed by atoms with Crippen LogP contribution in [0.3, 0.4) is 0 Å². The summed E-state index contributed by atoms with van der Waals surface area (Å²) in [4.78, 5) is 0. The monoisotopic (exact) mass is 149 g/mol. The zero-order valence-corrected chi connectivity index (χ0v) is 6.08. The molecular weight excluding hydrogens is 138 g/mol. The van der Waals surface area contributed by atoms with Crippen LogP contribution in [0.25, 0.3) is 0 Å². The number of aliphatic hydroxyl groups excluding tert-OH is 1. The second-order valence-corrected chi connectivity index (χ2v) is 1.49. The third kappa shape index (κ3) is 11.2. The molecule has 0 aromatic heterocycles. The van der Waals surface area contributed by atoms with Crippen molar-refractivity contribution in [2.45, 2.75) is 0 Å². The van der Waals surface area contributed by atoms with Crippen LogP contribution in [0.1, 0.15) is 0 Å². The molecule has 2 N–H and O–H groups in total. The van der Waals surface area contributed by atoms with E-state index in [2.05, 4.69) is 18.5 Å². The molecule has 0 bridgehead atoms. The van der Waals surface area contributed by atoms with Gasteiger partial charge in [-0.15, -0.1) is 19.0 Å². The number of nitrogens with one attached hydrogen (secondary N) is 1. The maximum atomic E-state index is 8.49. The van der Waals surface area contributed by atoms with Crippen LogP contribution in [0.2, 0.25) is 0 Å². The Hall–Kier alpha value is -0.470. The van der Waals surface area contributed by atoms with Crippen molar-refractivity contribution in [1.82, 2.24) is 5.32 Å². The van der Waals surface area contributed by atoms with Gasteiger partial charge in [-0.3, -0.25) is 0 Å². The lowest BCUT2D eigenvalue weighted by molar-refractivity contribution is 0.394. The summed E-state index contributed by atoms with van der Waals surface area (Å²) in [6.45, 7) is 7.93. The molecule has 0 aliphatic heterocycles. The van der Waals surface area contributed by atoms with Crippen molar-refractivity contribution in [3.63, 3.8) is 0 Å². The molecule has 0 aromatic rings. The largest absolute Gasteiger partial charge is 0.512 e. The fourth-order valence-corrected chi connectivity index (χ4v) is 0.319. The van der Waals surface area contributed by atoms with Gasteiger partial charge in [-0.1, -0.05) is 12.7 Å². The van der Waals surface area contributed by atoms with Gasteiger partial charge in [-0.25, -0.2) is 0 Å². The molecule has 0 atom stereocenters. The first-order valence-electron chi connectivity index (χ1n) is 2.45. The van der Waals surface area contributed by atoms with Gasteiger partial charge in [0.25, 0.3) is 0 Å². The fraction of sp³-hybridized carbons (Fsp3) is 0.333. The lowest BCUT2D eigenvalue weighted by Crippen LogP contribution is -2.15. The molecular formula is C6H12ClNO. The van der Waals surface area contributed by atoms with Gasteiger partial charge in [0.05, 0.1) is 12.3 Å². The molecule has 0 aliphatic carbocycles. The van der Waals surface area contributed by atoms with Gasteiger partial charge < -0.3 is 10.4 Å². The quantitative estimate of drug-likeness (QED) is 0.358. The smallest absolute Gasteiger partial charge is 0.0989 e. The maximum absolute atomic E-state index is 8.49. The first-order valence-corrected chi connectivity index (χ1v) is 2.45. The van der Waals surface area contributed by atoms with Crippen molar-refractivity contribution in [3.8, 4) is 0 Å².